The largest absolute Gasteiger partial charge is 0.472 e. The first-order valence-electron chi connectivity index (χ1n) is 5.44. The molecule has 2 rings (SSSR count). The molecule has 1 unspecified atom stereocenters. The van der Waals surface area contributed by atoms with Crippen LogP contribution < -0.4 is 0 Å². The average Bonchev–Trinajstić information content (AvgIpc) is 2.80. The molecule has 0 saturated carbocycles. The second-order valence-electron chi connectivity index (χ2n) is 4.04. The molecule has 0 fully saturated rings. The van der Waals surface area contributed by atoms with Gasteiger partial charge in [0.1, 0.15) is 0 Å². The normalized spacial score (nSPS) is 12.6. The van der Waals surface area contributed by atoms with Crippen LogP contribution in [-0.2, 0) is 6.42 Å². The minimum Gasteiger partial charge on any atom is -0.472 e. The fourth-order valence-corrected chi connectivity index (χ4v) is 2.26. The lowest BCUT2D eigenvalue weighted by atomic mass is 9.91. The summed E-state index contributed by atoms with van der Waals surface area (Å²) < 4.78 is 5.08. The Morgan fingerprint density at radius 3 is 2.69 bits per heavy atom. The molecule has 2 heteroatoms. The summed E-state index contributed by atoms with van der Waals surface area (Å²) in [5.74, 6) is 0.996. The number of hydrogen-bond donors (Lipinski definition) is 0. The highest BCUT2D eigenvalue weighted by Crippen LogP contribution is 2.25. The van der Waals surface area contributed by atoms with Crippen molar-refractivity contribution >= 4 is 11.6 Å². The smallest absolute Gasteiger partial charge is 0.0934 e. The lowest BCUT2D eigenvalue weighted by Crippen LogP contribution is -2.05. The number of hydrogen-bond acceptors (Lipinski definition) is 1. The Morgan fingerprint density at radius 1 is 1.25 bits per heavy atom. The summed E-state index contributed by atoms with van der Waals surface area (Å²) >= 11 is 6.06. The van der Waals surface area contributed by atoms with Crippen LogP contribution in [0, 0.1) is 6.92 Å². The van der Waals surface area contributed by atoms with E-state index < -0.39 is 0 Å². The van der Waals surface area contributed by atoms with E-state index >= 15 is 0 Å². The van der Waals surface area contributed by atoms with E-state index in [2.05, 4.69) is 31.2 Å². The Morgan fingerprint density at radius 2 is 2.06 bits per heavy atom. The molecule has 0 saturated heterocycles. The molecule has 16 heavy (non-hydrogen) atoms. The molecule has 1 nitrogen and oxygen atoms in total. The molecule has 1 atom stereocenters. The van der Waals surface area contributed by atoms with Crippen molar-refractivity contribution in [1.29, 1.82) is 0 Å². The molecule has 0 bridgehead atoms. The van der Waals surface area contributed by atoms with Crippen LogP contribution in [0.25, 0.3) is 0 Å². The van der Waals surface area contributed by atoms with Crippen LogP contribution in [0.2, 0.25) is 0 Å². The summed E-state index contributed by atoms with van der Waals surface area (Å²) in [6.45, 7) is 2.13. The lowest BCUT2D eigenvalue weighted by Gasteiger charge is -2.15. The molecule has 1 aromatic heterocycles. The Bertz CT molecular complexity index is 434. The third-order valence-corrected chi connectivity index (χ3v) is 3.25. The van der Waals surface area contributed by atoms with Crippen LogP contribution in [0.4, 0.5) is 0 Å². The number of halogens is 1. The SMILES string of the molecule is Cc1ccccc1C(CCl)Cc1ccoc1. The molecule has 0 aliphatic carbocycles. The van der Waals surface area contributed by atoms with E-state index in [-0.39, 0.29) is 0 Å². The van der Waals surface area contributed by atoms with Crippen LogP contribution >= 0.6 is 11.6 Å². The van der Waals surface area contributed by atoms with E-state index in [4.69, 9.17) is 16.0 Å². The summed E-state index contributed by atoms with van der Waals surface area (Å²) in [6, 6.07) is 10.4. The van der Waals surface area contributed by atoms with Crippen molar-refractivity contribution in [3.05, 3.63) is 59.5 Å². The van der Waals surface area contributed by atoms with E-state index in [0.717, 1.165) is 6.42 Å². The molecule has 0 spiro atoms. The number of aryl methyl sites for hydroxylation is 1. The molecular formula is C14H15ClO. The third-order valence-electron chi connectivity index (χ3n) is 2.88. The first-order valence-corrected chi connectivity index (χ1v) is 5.97. The van der Waals surface area contributed by atoms with Gasteiger partial charge in [-0.2, -0.15) is 0 Å². The standard InChI is InChI=1S/C14H15ClO/c1-11-4-2-3-5-14(11)13(9-15)8-12-6-7-16-10-12/h2-7,10,13H,8-9H2,1H3. The highest BCUT2D eigenvalue weighted by atomic mass is 35.5. The van der Waals surface area contributed by atoms with Crippen molar-refractivity contribution in [2.45, 2.75) is 19.3 Å². The number of furan rings is 1. The molecule has 1 heterocycles. The second kappa shape index (κ2) is 5.22. The summed E-state index contributed by atoms with van der Waals surface area (Å²) in [5, 5.41) is 0. The van der Waals surface area contributed by atoms with E-state index in [1.54, 1.807) is 12.5 Å². The second-order valence-corrected chi connectivity index (χ2v) is 4.35. The predicted octanol–water partition coefficient (Wildman–Crippen LogP) is 4.15. The highest BCUT2D eigenvalue weighted by molar-refractivity contribution is 6.18. The zero-order valence-electron chi connectivity index (χ0n) is 9.32. The highest BCUT2D eigenvalue weighted by Gasteiger charge is 2.13. The van der Waals surface area contributed by atoms with Gasteiger partial charge in [0.2, 0.25) is 0 Å². The van der Waals surface area contributed by atoms with Crippen LogP contribution in [0.15, 0.2) is 47.3 Å². The van der Waals surface area contributed by atoms with Crippen LogP contribution in [0.3, 0.4) is 0 Å². The Hall–Kier alpha value is -1.21. The molecule has 0 aliphatic rings. The van der Waals surface area contributed by atoms with Crippen LogP contribution in [0.5, 0.6) is 0 Å². The third kappa shape index (κ3) is 2.48. The van der Waals surface area contributed by atoms with Gasteiger partial charge in [0.15, 0.2) is 0 Å². The van der Waals surface area contributed by atoms with Gasteiger partial charge >= 0.3 is 0 Å². The van der Waals surface area contributed by atoms with Gasteiger partial charge < -0.3 is 4.42 Å². The van der Waals surface area contributed by atoms with Gasteiger partial charge in [0.05, 0.1) is 12.5 Å². The first kappa shape index (κ1) is 11.3. The zero-order valence-corrected chi connectivity index (χ0v) is 10.1. The van der Waals surface area contributed by atoms with Gasteiger partial charge in [-0.3, -0.25) is 0 Å². The lowest BCUT2D eigenvalue weighted by molar-refractivity contribution is 0.562. The maximum Gasteiger partial charge on any atom is 0.0934 e. The van der Waals surface area contributed by atoms with Crippen molar-refractivity contribution in [2.24, 2.45) is 0 Å². The van der Waals surface area contributed by atoms with E-state index in [1.807, 2.05) is 6.07 Å². The van der Waals surface area contributed by atoms with Gasteiger partial charge in [-0.05, 0) is 36.1 Å². The molecular weight excluding hydrogens is 220 g/mol. The Balaban J connectivity index is 2.20. The van der Waals surface area contributed by atoms with Crippen molar-refractivity contribution in [3.63, 3.8) is 0 Å². The van der Waals surface area contributed by atoms with Crippen LogP contribution in [0.1, 0.15) is 22.6 Å². The number of alkyl halides is 1. The van der Waals surface area contributed by atoms with Gasteiger partial charge in [0, 0.05) is 11.8 Å². The molecule has 84 valence electrons. The van der Waals surface area contributed by atoms with Crippen molar-refractivity contribution in [2.75, 3.05) is 5.88 Å². The molecule has 0 aliphatic heterocycles. The molecule has 0 radical (unpaired) electrons. The van der Waals surface area contributed by atoms with Gasteiger partial charge in [-0.15, -0.1) is 11.6 Å². The van der Waals surface area contributed by atoms with E-state index in [9.17, 15) is 0 Å². The summed E-state index contributed by atoms with van der Waals surface area (Å²) in [4.78, 5) is 0. The van der Waals surface area contributed by atoms with Crippen molar-refractivity contribution < 1.29 is 4.42 Å². The topological polar surface area (TPSA) is 13.1 Å². The van der Waals surface area contributed by atoms with E-state index in [0.29, 0.717) is 11.8 Å². The Labute approximate surface area is 101 Å². The Kier molecular flexibility index (Phi) is 3.68. The quantitative estimate of drug-likeness (QED) is 0.725. The minimum atomic E-state index is 0.362. The molecule has 0 amide bonds. The maximum absolute atomic E-state index is 6.06. The summed E-state index contributed by atoms with van der Waals surface area (Å²) in [5.41, 5.74) is 3.84. The van der Waals surface area contributed by atoms with Gasteiger partial charge in [-0.25, -0.2) is 0 Å². The average molecular weight is 235 g/mol. The van der Waals surface area contributed by atoms with Gasteiger partial charge in [-0.1, -0.05) is 24.3 Å². The minimum absolute atomic E-state index is 0.362. The fourth-order valence-electron chi connectivity index (χ4n) is 1.99. The molecule has 2 aromatic rings. The van der Waals surface area contributed by atoms with E-state index in [1.165, 1.54) is 16.7 Å². The molecule has 0 N–H and O–H groups in total. The maximum atomic E-state index is 6.06. The number of rotatable bonds is 4. The summed E-state index contributed by atoms with van der Waals surface area (Å²) in [6.07, 6.45) is 4.43. The number of benzene rings is 1. The van der Waals surface area contributed by atoms with Gasteiger partial charge in [0.25, 0.3) is 0 Å². The van der Waals surface area contributed by atoms with Crippen LogP contribution in [-0.4, -0.2) is 5.88 Å². The fraction of sp³-hybridized carbons (Fsp3) is 0.286. The molecule has 1 aromatic carbocycles. The zero-order chi connectivity index (χ0) is 11.4. The monoisotopic (exact) mass is 234 g/mol. The summed E-state index contributed by atoms with van der Waals surface area (Å²) in [7, 11) is 0. The van der Waals surface area contributed by atoms with Crippen molar-refractivity contribution in [3.8, 4) is 0 Å². The van der Waals surface area contributed by atoms with Crippen molar-refractivity contribution in [1.82, 2.24) is 0 Å². The predicted molar refractivity (Wildman–Crippen MR) is 67.1 cm³/mol. The first-order chi connectivity index (χ1) is 7.81.